The van der Waals surface area contributed by atoms with E-state index in [0.29, 0.717) is 20.8 Å². The highest BCUT2D eigenvalue weighted by molar-refractivity contribution is 7.07. The summed E-state index contributed by atoms with van der Waals surface area (Å²) in [5.41, 5.74) is 6.55. The van der Waals surface area contributed by atoms with Crippen molar-refractivity contribution in [2.75, 3.05) is 14.2 Å². The lowest BCUT2D eigenvalue weighted by Gasteiger charge is -2.31. The molecule has 1 atom stereocenters. The van der Waals surface area contributed by atoms with Crippen molar-refractivity contribution in [3.05, 3.63) is 120 Å². The fraction of sp³-hybridized carbons (Fsp3) is 0.172. The lowest BCUT2D eigenvalue weighted by atomic mass is 9.83. The van der Waals surface area contributed by atoms with Gasteiger partial charge in [-0.15, -0.1) is 0 Å². The molecule has 35 heavy (non-hydrogen) atoms. The van der Waals surface area contributed by atoms with Gasteiger partial charge in [-0.05, 0) is 53.3 Å². The minimum Gasteiger partial charge on any atom is -0.493 e. The smallest absolute Gasteiger partial charge is 0.271 e. The molecule has 174 valence electrons. The van der Waals surface area contributed by atoms with E-state index in [1.54, 1.807) is 14.2 Å². The van der Waals surface area contributed by atoms with E-state index in [-0.39, 0.29) is 11.6 Å². The van der Waals surface area contributed by atoms with E-state index in [9.17, 15) is 4.79 Å². The summed E-state index contributed by atoms with van der Waals surface area (Å²) in [6, 6.07) is 24.0. The third-order valence-electron chi connectivity index (χ3n) is 6.69. The lowest BCUT2D eigenvalue weighted by molar-refractivity contribution is 0.354. The quantitative estimate of drug-likeness (QED) is 0.437. The SMILES string of the molecule is COc1ccc(C2C3=C(N=c4sc(=Cc5ccccc5)c(=O)n42)c2ccccc2CC3)cc1OC. The van der Waals surface area contributed by atoms with Crippen LogP contribution in [0, 0.1) is 0 Å². The van der Waals surface area contributed by atoms with Gasteiger partial charge in [-0.1, -0.05) is 72.0 Å². The molecule has 0 bridgehead atoms. The van der Waals surface area contributed by atoms with Gasteiger partial charge in [-0.2, -0.15) is 0 Å². The van der Waals surface area contributed by atoms with E-state index in [4.69, 9.17) is 14.5 Å². The molecular formula is C29H24N2O3S. The predicted molar refractivity (Wildman–Crippen MR) is 139 cm³/mol. The van der Waals surface area contributed by atoms with Crippen molar-refractivity contribution in [2.24, 2.45) is 4.99 Å². The van der Waals surface area contributed by atoms with Crippen LogP contribution in [-0.2, 0) is 6.42 Å². The van der Waals surface area contributed by atoms with Crippen molar-refractivity contribution in [1.29, 1.82) is 0 Å². The Morgan fingerprint density at radius 3 is 2.51 bits per heavy atom. The van der Waals surface area contributed by atoms with Crippen LogP contribution in [0.1, 0.15) is 34.7 Å². The van der Waals surface area contributed by atoms with Gasteiger partial charge in [0.15, 0.2) is 16.3 Å². The molecule has 4 aromatic rings. The Morgan fingerprint density at radius 2 is 1.71 bits per heavy atom. The highest BCUT2D eigenvalue weighted by Crippen LogP contribution is 2.42. The number of nitrogens with zero attached hydrogens (tertiary/aromatic N) is 2. The van der Waals surface area contributed by atoms with E-state index in [1.807, 2.05) is 59.2 Å². The summed E-state index contributed by atoms with van der Waals surface area (Å²) in [4.78, 5) is 19.6. The zero-order valence-corrected chi connectivity index (χ0v) is 20.3. The van der Waals surface area contributed by atoms with Crippen LogP contribution in [0.2, 0.25) is 0 Å². The first-order chi connectivity index (χ1) is 17.2. The number of aryl methyl sites for hydroxylation is 1. The Bertz CT molecular complexity index is 1650. The van der Waals surface area contributed by atoms with Gasteiger partial charge in [-0.3, -0.25) is 9.36 Å². The summed E-state index contributed by atoms with van der Waals surface area (Å²) >= 11 is 1.44. The zero-order valence-electron chi connectivity index (χ0n) is 19.5. The maximum Gasteiger partial charge on any atom is 0.271 e. The Labute approximate surface area is 206 Å². The molecule has 0 radical (unpaired) electrons. The number of hydrogen-bond acceptors (Lipinski definition) is 5. The van der Waals surface area contributed by atoms with Gasteiger partial charge >= 0.3 is 0 Å². The van der Waals surface area contributed by atoms with Crippen LogP contribution in [0.4, 0.5) is 0 Å². The molecule has 1 aromatic heterocycles. The molecule has 3 aromatic carbocycles. The van der Waals surface area contributed by atoms with Crippen molar-refractivity contribution in [1.82, 2.24) is 4.57 Å². The van der Waals surface area contributed by atoms with E-state index in [2.05, 4.69) is 24.3 Å². The van der Waals surface area contributed by atoms with Gasteiger partial charge in [-0.25, -0.2) is 4.99 Å². The monoisotopic (exact) mass is 480 g/mol. The van der Waals surface area contributed by atoms with Gasteiger partial charge in [0, 0.05) is 5.56 Å². The summed E-state index contributed by atoms with van der Waals surface area (Å²) in [5, 5.41) is 0. The number of fused-ring (bicyclic) bond motifs is 3. The molecule has 0 saturated carbocycles. The summed E-state index contributed by atoms with van der Waals surface area (Å²) in [7, 11) is 3.26. The molecule has 1 aliphatic heterocycles. The van der Waals surface area contributed by atoms with Crippen LogP contribution >= 0.6 is 11.3 Å². The molecule has 1 unspecified atom stereocenters. The Balaban J connectivity index is 1.63. The first kappa shape index (κ1) is 21.6. The third kappa shape index (κ3) is 3.61. The molecule has 0 amide bonds. The summed E-state index contributed by atoms with van der Waals surface area (Å²) in [6.07, 6.45) is 3.71. The van der Waals surface area contributed by atoms with Gasteiger partial charge in [0.2, 0.25) is 0 Å². The van der Waals surface area contributed by atoms with Crippen molar-refractivity contribution in [3.63, 3.8) is 0 Å². The number of thiazole rings is 1. The number of rotatable bonds is 4. The Morgan fingerprint density at radius 1 is 0.943 bits per heavy atom. The summed E-state index contributed by atoms with van der Waals surface area (Å²) in [5.74, 6) is 1.31. The number of aromatic nitrogens is 1. The highest BCUT2D eigenvalue weighted by Gasteiger charge is 2.33. The topological polar surface area (TPSA) is 52.8 Å². The number of hydrogen-bond donors (Lipinski definition) is 0. The number of ether oxygens (including phenoxy) is 2. The predicted octanol–water partition coefficient (Wildman–Crippen LogP) is 4.34. The van der Waals surface area contributed by atoms with Crippen LogP contribution in [0.25, 0.3) is 11.8 Å². The first-order valence-electron chi connectivity index (χ1n) is 11.6. The largest absolute Gasteiger partial charge is 0.493 e. The minimum atomic E-state index is -0.257. The molecule has 6 rings (SSSR count). The molecule has 0 N–H and O–H groups in total. The van der Waals surface area contributed by atoms with E-state index in [1.165, 1.54) is 16.9 Å². The second kappa shape index (κ2) is 8.71. The molecule has 0 fully saturated rings. The number of allylic oxidation sites excluding steroid dienone is 1. The molecule has 2 aliphatic rings. The first-order valence-corrected chi connectivity index (χ1v) is 12.4. The number of methoxy groups -OCH3 is 2. The summed E-state index contributed by atoms with van der Waals surface area (Å²) in [6.45, 7) is 0. The van der Waals surface area contributed by atoms with Crippen LogP contribution in [-0.4, -0.2) is 18.8 Å². The fourth-order valence-corrected chi connectivity index (χ4v) is 6.05. The Kier molecular flexibility index (Phi) is 5.38. The maximum atomic E-state index is 13.8. The van der Waals surface area contributed by atoms with E-state index >= 15 is 0 Å². The second-order valence-corrected chi connectivity index (χ2v) is 9.65. The molecule has 6 heteroatoms. The van der Waals surface area contributed by atoms with Gasteiger partial charge in [0.1, 0.15) is 0 Å². The van der Waals surface area contributed by atoms with Crippen molar-refractivity contribution < 1.29 is 9.47 Å². The average Bonchev–Trinajstić information content (AvgIpc) is 3.21. The molecule has 1 aliphatic carbocycles. The van der Waals surface area contributed by atoms with Crippen LogP contribution in [0.5, 0.6) is 11.5 Å². The van der Waals surface area contributed by atoms with Gasteiger partial charge in [0.05, 0.1) is 30.5 Å². The molecule has 5 nitrogen and oxygen atoms in total. The van der Waals surface area contributed by atoms with E-state index in [0.717, 1.165) is 40.8 Å². The molecule has 2 heterocycles. The zero-order chi connectivity index (χ0) is 23.9. The lowest BCUT2D eigenvalue weighted by Crippen LogP contribution is -2.38. The highest BCUT2D eigenvalue weighted by atomic mass is 32.1. The van der Waals surface area contributed by atoms with Crippen molar-refractivity contribution in [2.45, 2.75) is 18.9 Å². The minimum absolute atomic E-state index is 0.0252. The van der Waals surface area contributed by atoms with E-state index < -0.39 is 0 Å². The van der Waals surface area contributed by atoms with Gasteiger partial charge in [0.25, 0.3) is 5.56 Å². The van der Waals surface area contributed by atoms with Crippen LogP contribution < -0.4 is 24.4 Å². The fourth-order valence-electron chi connectivity index (χ4n) is 5.05. The molecule has 0 spiro atoms. The standard InChI is InChI=1S/C29H24N2O3S/c1-33-23-15-13-20(17-24(23)34-2)27-22-14-12-19-10-6-7-11-21(19)26(22)30-29-31(27)28(32)25(35-29)16-18-8-4-3-5-9-18/h3-11,13,15-17,27H,12,14H2,1-2H3. The normalized spacial score (nSPS) is 16.7. The second-order valence-electron chi connectivity index (χ2n) is 8.64. The Hall–Kier alpha value is -3.90. The van der Waals surface area contributed by atoms with Gasteiger partial charge < -0.3 is 9.47 Å². The van der Waals surface area contributed by atoms with Crippen LogP contribution in [0.15, 0.2) is 88.2 Å². The maximum absolute atomic E-state index is 13.8. The molecule has 0 saturated heterocycles. The molecular weight excluding hydrogens is 456 g/mol. The number of benzene rings is 3. The van der Waals surface area contributed by atoms with Crippen molar-refractivity contribution in [3.8, 4) is 11.5 Å². The summed E-state index contributed by atoms with van der Waals surface area (Å²) < 4.78 is 13.6. The third-order valence-corrected chi connectivity index (χ3v) is 7.68. The van der Waals surface area contributed by atoms with Crippen molar-refractivity contribution >= 4 is 23.1 Å². The van der Waals surface area contributed by atoms with Crippen LogP contribution in [0.3, 0.4) is 0 Å². The average molecular weight is 481 g/mol.